The molecule has 3 aromatic carbocycles. The molecule has 0 saturated heterocycles. The number of nitrogens with zero attached hydrogens (tertiary/aromatic N) is 5. The van der Waals surface area contributed by atoms with Crippen molar-refractivity contribution in [1.29, 1.82) is 0 Å². The van der Waals surface area contributed by atoms with Crippen LogP contribution in [0.2, 0.25) is 5.02 Å². The van der Waals surface area contributed by atoms with E-state index in [-0.39, 0.29) is 11.4 Å². The van der Waals surface area contributed by atoms with Crippen molar-refractivity contribution in [2.24, 2.45) is 0 Å². The summed E-state index contributed by atoms with van der Waals surface area (Å²) in [6.45, 7) is 2.40. The van der Waals surface area contributed by atoms with Crippen LogP contribution in [0.25, 0.3) is 40.1 Å². The molecule has 0 atom stereocenters. The molecule has 6 aromatic rings. The maximum Gasteiger partial charge on any atom is 0.291 e. The van der Waals surface area contributed by atoms with Crippen LogP contribution < -0.4 is 14.8 Å². The molecule has 40 heavy (non-hydrogen) atoms. The van der Waals surface area contributed by atoms with Crippen LogP contribution >= 0.6 is 22.9 Å². The van der Waals surface area contributed by atoms with Gasteiger partial charge in [-0.1, -0.05) is 59.3 Å². The zero-order chi connectivity index (χ0) is 27.6. The Hall–Kier alpha value is -4.60. The summed E-state index contributed by atoms with van der Waals surface area (Å²) in [5.74, 6) is 0.680. The number of benzene rings is 3. The highest BCUT2D eigenvalue weighted by atomic mass is 35.5. The van der Waals surface area contributed by atoms with Gasteiger partial charge in [-0.2, -0.15) is 14.6 Å². The molecule has 0 fully saturated rings. The minimum Gasteiger partial charge on any atom is -0.492 e. The molecule has 10 heteroatoms. The van der Waals surface area contributed by atoms with E-state index in [0.29, 0.717) is 38.4 Å². The van der Waals surface area contributed by atoms with Gasteiger partial charge in [-0.3, -0.25) is 4.79 Å². The molecule has 7 nitrogen and oxygen atoms in total. The van der Waals surface area contributed by atoms with E-state index in [1.807, 2.05) is 61.7 Å². The van der Waals surface area contributed by atoms with Gasteiger partial charge in [0.25, 0.3) is 5.56 Å². The van der Waals surface area contributed by atoms with Gasteiger partial charge >= 0.3 is 0 Å². The maximum atomic E-state index is 13.3. The molecule has 0 aliphatic carbocycles. The summed E-state index contributed by atoms with van der Waals surface area (Å²) in [6, 6.07) is 21.3. The second kappa shape index (κ2) is 10.9. The van der Waals surface area contributed by atoms with E-state index in [9.17, 15) is 9.18 Å². The van der Waals surface area contributed by atoms with Crippen LogP contribution in [0.15, 0.2) is 83.8 Å². The highest BCUT2D eigenvalue weighted by Crippen LogP contribution is 2.32. The average Bonchev–Trinajstić information content (AvgIpc) is 3.65. The Bertz CT molecular complexity index is 1960. The number of ether oxygens (including phenoxy) is 1. The van der Waals surface area contributed by atoms with Crippen LogP contribution in [0.4, 0.5) is 4.39 Å². The molecule has 3 aromatic heterocycles. The van der Waals surface area contributed by atoms with Gasteiger partial charge in [0.15, 0.2) is 5.82 Å². The van der Waals surface area contributed by atoms with Crippen LogP contribution in [0, 0.1) is 5.82 Å². The zero-order valence-electron chi connectivity index (χ0n) is 21.2. The minimum atomic E-state index is -0.305. The number of hydrogen-bond acceptors (Lipinski definition) is 6. The lowest BCUT2D eigenvalue weighted by Crippen LogP contribution is -2.23. The van der Waals surface area contributed by atoms with Gasteiger partial charge in [-0.05, 0) is 67.1 Å². The van der Waals surface area contributed by atoms with Crippen molar-refractivity contribution in [1.82, 2.24) is 24.4 Å². The quantitative estimate of drug-likeness (QED) is 0.239. The number of fused-ring (bicyclic) bond motifs is 1. The van der Waals surface area contributed by atoms with Gasteiger partial charge in [0.05, 0.1) is 21.8 Å². The highest BCUT2D eigenvalue weighted by Gasteiger charge is 2.15. The van der Waals surface area contributed by atoms with Gasteiger partial charge in [0.2, 0.25) is 4.96 Å². The summed E-state index contributed by atoms with van der Waals surface area (Å²) in [4.78, 5) is 18.2. The van der Waals surface area contributed by atoms with E-state index in [1.54, 1.807) is 35.0 Å². The number of para-hydroxylation sites is 1. The molecule has 0 aliphatic heterocycles. The van der Waals surface area contributed by atoms with Crippen LogP contribution in [0.3, 0.4) is 0 Å². The Balaban J connectivity index is 1.41. The molecular weight excluding hydrogens is 549 g/mol. The molecule has 0 N–H and O–H groups in total. The van der Waals surface area contributed by atoms with E-state index in [0.717, 1.165) is 22.4 Å². The standard InChI is InChI=1S/C30H21ClFN5O2S/c1-2-39-25-14-11-20(16-24(25)31)28-21(18-36(35-28)23-6-4-3-5-7-23)17-26-29(38)37-30(40-26)33-27(34-37)15-10-19-8-12-22(32)13-9-19/h3-18H,2H2,1H3/b15-10+,26-17-. The summed E-state index contributed by atoms with van der Waals surface area (Å²) < 4.78 is 22.3. The second-order valence-corrected chi connectivity index (χ2v) is 10.2. The monoisotopic (exact) mass is 569 g/mol. The van der Waals surface area contributed by atoms with E-state index >= 15 is 0 Å². The second-order valence-electron chi connectivity index (χ2n) is 8.76. The first-order valence-corrected chi connectivity index (χ1v) is 13.6. The van der Waals surface area contributed by atoms with Crippen LogP contribution in [-0.4, -0.2) is 31.0 Å². The third kappa shape index (κ3) is 5.16. The first kappa shape index (κ1) is 25.7. The molecule has 0 spiro atoms. The predicted molar refractivity (Wildman–Crippen MR) is 156 cm³/mol. The summed E-state index contributed by atoms with van der Waals surface area (Å²) in [5, 5.41) is 9.65. The summed E-state index contributed by atoms with van der Waals surface area (Å²) >= 11 is 7.72. The lowest BCUT2D eigenvalue weighted by atomic mass is 10.1. The van der Waals surface area contributed by atoms with Gasteiger partial charge in [-0.15, -0.1) is 5.10 Å². The SMILES string of the molecule is CCOc1ccc(-c2nn(-c3ccccc3)cc2/C=c2\sc3nc(/C=C/c4ccc(F)cc4)nn3c2=O)cc1Cl. The van der Waals surface area contributed by atoms with Gasteiger partial charge < -0.3 is 4.74 Å². The molecular formula is C30H21ClFN5O2S. The van der Waals surface area contributed by atoms with E-state index in [2.05, 4.69) is 10.1 Å². The molecule has 0 aliphatic rings. The van der Waals surface area contributed by atoms with E-state index < -0.39 is 0 Å². The third-order valence-electron chi connectivity index (χ3n) is 6.05. The first-order valence-electron chi connectivity index (χ1n) is 12.4. The smallest absolute Gasteiger partial charge is 0.291 e. The van der Waals surface area contributed by atoms with Crippen molar-refractivity contribution in [2.75, 3.05) is 6.61 Å². The summed E-state index contributed by atoms with van der Waals surface area (Å²) in [7, 11) is 0. The Morgan fingerprint density at radius 2 is 1.82 bits per heavy atom. The molecule has 0 bridgehead atoms. The fourth-order valence-electron chi connectivity index (χ4n) is 4.16. The fraction of sp³-hybridized carbons (Fsp3) is 0.0667. The van der Waals surface area contributed by atoms with Crippen LogP contribution in [0.5, 0.6) is 5.75 Å². The van der Waals surface area contributed by atoms with Gasteiger partial charge in [0.1, 0.15) is 17.3 Å². The normalized spacial score (nSPS) is 12.1. The number of halogens is 2. The molecule has 3 heterocycles. The average molecular weight is 570 g/mol. The molecule has 0 amide bonds. The number of aromatic nitrogens is 5. The first-order chi connectivity index (χ1) is 19.5. The Morgan fingerprint density at radius 3 is 2.55 bits per heavy atom. The van der Waals surface area contributed by atoms with Crippen molar-refractivity contribution in [3.05, 3.63) is 122 Å². The van der Waals surface area contributed by atoms with Crippen molar-refractivity contribution < 1.29 is 9.13 Å². The van der Waals surface area contributed by atoms with Crippen molar-refractivity contribution in [2.45, 2.75) is 6.92 Å². The Morgan fingerprint density at radius 1 is 1.02 bits per heavy atom. The lowest BCUT2D eigenvalue weighted by Gasteiger charge is -2.07. The van der Waals surface area contributed by atoms with Crippen LogP contribution in [-0.2, 0) is 0 Å². The highest BCUT2D eigenvalue weighted by molar-refractivity contribution is 7.15. The number of hydrogen-bond donors (Lipinski definition) is 0. The van der Waals surface area contributed by atoms with Crippen molar-refractivity contribution in [3.63, 3.8) is 0 Å². The Kier molecular flexibility index (Phi) is 6.98. The Labute approximate surface area is 237 Å². The predicted octanol–water partition coefficient (Wildman–Crippen LogP) is 5.91. The molecule has 0 radical (unpaired) electrons. The number of thiazole rings is 1. The lowest BCUT2D eigenvalue weighted by molar-refractivity contribution is 0.340. The van der Waals surface area contributed by atoms with Gasteiger partial charge in [0, 0.05) is 17.3 Å². The fourth-order valence-corrected chi connectivity index (χ4v) is 5.30. The summed E-state index contributed by atoms with van der Waals surface area (Å²) in [6.07, 6.45) is 7.13. The molecule has 0 saturated carbocycles. The van der Waals surface area contributed by atoms with Crippen molar-refractivity contribution >= 4 is 46.1 Å². The number of rotatable bonds is 7. The van der Waals surface area contributed by atoms with E-state index in [1.165, 1.54) is 28.0 Å². The van der Waals surface area contributed by atoms with Crippen molar-refractivity contribution in [3.8, 4) is 22.7 Å². The topological polar surface area (TPSA) is 74.3 Å². The zero-order valence-corrected chi connectivity index (χ0v) is 22.7. The van der Waals surface area contributed by atoms with E-state index in [4.69, 9.17) is 21.4 Å². The van der Waals surface area contributed by atoms with Gasteiger partial charge in [-0.25, -0.2) is 9.07 Å². The largest absolute Gasteiger partial charge is 0.492 e. The minimum absolute atomic E-state index is 0.280. The van der Waals surface area contributed by atoms with Crippen LogP contribution in [0.1, 0.15) is 23.9 Å². The molecule has 6 rings (SSSR count). The molecule has 198 valence electrons. The molecule has 0 unspecified atom stereocenters. The summed E-state index contributed by atoms with van der Waals surface area (Å²) in [5.41, 5.74) is 3.58. The third-order valence-corrected chi connectivity index (χ3v) is 7.30. The maximum absolute atomic E-state index is 13.3.